The van der Waals surface area contributed by atoms with Crippen molar-refractivity contribution in [3.05, 3.63) is 23.5 Å². The van der Waals surface area contributed by atoms with Gasteiger partial charge < -0.3 is 0 Å². The van der Waals surface area contributed by atoms with E-state index in [9.17, 15) is 19.2 Å². The zero-order valence-corrected chi connectivity index (χ0v) is 10.6. The van der Waals surface area contributed by atoms with Crippen molar-refractivity contribution in [2.75, 3.05) is 7.05 Å². The van der Waals surface area contributed by atoms with Gasteiger partial charge in [0.1, 0.15) is 6.04 Å². The van der Waals surface area contributed by atoms with E-state index >= 15 is 0 Å². The fourth-order valence-electron chi connectivity index (χ4n) is 2.42. The maximum absolute atomic E-state index is 12.2. The minimum absolute atomic E-state index is 0.0511. The Morgan fingerprint density at radius 1 is 1.20 bits per heavy atom. The van der Waals surface area contributed by atoms with Gasteiger partial charge in [-0.1, -0.05) is 0 Å². The van der Waals surface area contributed by atoms with Crippen LogP contribution in [0.5, 0.6) is 0 Å². The van der Waals surface area contributed by atoms with Crippen LogP contribution >= 0.6 is 0 Å². The predicted octanol–water partition coefficient (Wildman–Crippen LogP) is -0.780. The number of aromatic nitrogens is 2. The Labute approximate surface area is 113 Å². The lowest BCUT2D eigenvalue weighted by atomic mass is 10.0. The fraction of sp³-hybridized carbons (Fsp3) is 0.333. The summed E-state index contributed by atoms with van der Waals surface area (Å²) in [6.45, 7) is 0. The molecule has 1 fully saturated rings. The third-order valence-electron chi connectivity index (χ3n) is 3.52. The first-order chi connectivity index (χ1) is 9.52. The van der Waals surface area contributed by atoms with E-state index in [1.54, 1.807) is 0 Å². The average molecular weight is 274 g/mol. The maximum atomic E-state index is 12.2. The van der Waals surface area contributed by atoms with E-state index in [1.165, 1.54) is 19.3 Å². The van der Waals surface area contributed by atoms with E-state index in [4.69, 9.17) is 0 Å². The SMILES string of the molecule is CN1C(=O)CCC(N2C(=O)c3ccnnc3C2=O)C1=O. The topological polar surface area (TPSA) is 101 Å². The quantitative estimate of drug-likeness (QED) is 0.623. The van der Waals surface area contributed by atoms with Crippen LogP contribution in [-0.4, -0.2) is 56.7 Å². The van der Waals surface area contributed by atoms with Crippen LogP contribution < -0.4 is 0 Å². The molecule has 1 aromatic heterocycles. The third kappa shape index (κ3) is 1.54. The molecule has 8 heteroatoms. The lowest BCUT2D eigenvalue weighted by molar-refractivity contribution is -0.149. The Hall–Kier alpha value is -2.64. The summed E-state index contributed by atoms with van der Waals surface area (Å²) < 4.78 is 0. The summed E-state index contributed by atoms with van der Waals surface area (Å²) >= 11 is 0. The zero-order chi connectivity index (χ0) is 14.4. The smallest absolute Gasteiger partial charge is 0.282 e. The molecule has 102 valence electrons. The van der Waals surface area contributed by atoms with E-state index in [1.807, 2.05) is 0 Å². The first kappa shape index (κ1) is 12.4. The minimum atomic E-state index is -0.952. The second-order valence-electron chi connectivity index (χ2n) is 4.62. The summed E-state index contributed by atoms with van der Waals surface area (Å²) in [6, 6.07) is 0.442. The van der Waals surface area contributed by atoms with Gasteiger partial charge in [0.15, 0.2) is 5.69 Å². The Balaban J connectivity index is 1.97. The molecule has 0 aliphatic carbocycles. The number of carbonyl (C=O) groups excluding carboxylic acids is 4. The Morgan fingerprint density at radius 3 is 2.65 bits per heavy atom. The van der Waals surface area contributed by atoms with Crippen molar-refractivity contribution < 1.29 is 19.2 Å². The van der Waals surface area contributed by atoms with E-state index in [-0.39, 0.29) is 30.0 Å². The van der Waals surface area contributed by atoms with Gasteiger partial charge in [0.2, 0.25) is 5.91 Å². The summed E-state index contributed by atoms with van der Waals surface area (Å²) in [5.74, 6) is -2.08. The number of imide groups is 2. The number of rotatable bonds is 1. The van der Waals surface area contributed by atoms with Gasteiger partial charge in [-0.2, -0.15) is 5.10 Å². The molecule has 1 unspecified atom stereocenters. The molecule has 1 atom stereocenters. The molecule has 1 aromatic rings. The molecule has 20 heavy (non-hydrogen) atoms. The van der Waals surface area contributed by atoms with Crippen LogP contribution in [0.1, 0.15) is 33.7 Å². The van der Waals surface area contributed by atoms with Gasteiger partial charge in [-0.25, -0.2) is 0 Å². The number of hydrogen-bond acceptors (Lipinski definition) is 6. The normalized spacial score (nSPS) is 22.6. The number of nitrogens with zero attached hydrogens (tertiary/aromatic N) is 4. The lowest BCUT2D eigenvalue weighted by Gasteiger charge is -2.32. The maximum Gasteiger partial charge on any atom is 0.282 e. The highest BCUT2D eigenvalue weighted by Gasteiger charge is 2.47. The van der Waals surface area contributed by atoms with Gasteiger partial charge in [0.25, 0.3) is 17.7 Å². The van der Waals surface area contributed by atoms with Crippen molar-refractivity contribution in [1.82, 2.24) is 20.0 Å². The molecule has 4 amide bonds. The number of piperidine rings is 1. The molecule has 2 aliphatic rings. The molecule has 0 N–H and O–H groups in total. The van der Waals surface area contributed by atoms with Gasteiger partial charge in [-0.3, -0.25) is 29.0 Å². The van der Waals surface area contributed by atoms with Gasteiger partial charge in [0, 0.05) is 13.5 Å². The third-order valence-corrected chi connectivity index (χ3v) is 3.52. The highest BCUT2D eigenvalue weighted by molar-refractivity contribution is 6.22. The number of likely N-dealkylation sites (tertiary alicyclic amines) is 1. The molecule has 0 radical (unpaired) electrons. The van der Waals surface area contributed by atoms with E-state index < -0.39 is 23.8 Å². The second-order valence-corrected chi connectivity index (χ2v) is 4.62. The van der Waals surface area contributed by atoms with E-state index in [2.05, 4.69) is 10.2 Å². The highest BCUT2D eigenvalue weighted by Crippen LogP contribution is 2.26. The Morgan fingerprint density at radius 2 is 1.95 bits per heavy atom. The highest BCUT2D eigenvalue weighted by atomic mass is 16.2. The van der Waals surface area contributed by atoms with Gasteiger partial charge in [-0.15, -0.1) is 5.10 Å². The summed E-state index contributed by atoms with van der Waals surface area (Å²) in [4.78, 5) is 49.8. The lowest BCUT2D eigenvalue weighted by Crippen LogP contribution is -2.54. The van der Waals surface area contributed by atoms with E-state index in [0.717, 1.165) is 9.80 Å². The molecular formula is C12H10N4O4. The van der Waals surface area contributed by atoms with Crippen molar-refractivity contribution in [3.63, 3.8) is 0 Å². The van der Waals surface area contributed by atoms with Crippen LogP contribution in [0.2, 0.25) is 0 Å². The molecule has 3 heterocycles. The van der Waals surface area contributed by atoms with Gasteiger partial charge in [0.05, 0.1) is 11.8 Å². The van der Waals surface area contributed by atoms with Crippen LogP contribution in [-0.2, 0) is 9.59 Å². The largest absolute Gasteiger partial charge is 0.284 e. The second kappa shape index (κ2) is 4.19. The summed E-state index contributed by atoms with van der Waals surface area (Å²) in [5, 5.41) is 7.21. The Kier molecular flexibility index (Phi) is 2.60. The predicted molar refractivity (Wildman–Crippen MR) is 63.3 cm³/mol. The van der Waals surface area contributed by atoms with Crippen LogP contribution in [0.25, 0.3) is 0 Å². The minimum Gasteiger partial charge on any atom is -0.284 e. The summed E-state index contributed by atoms with van der Waals surface area (Å²) in [5.41, 5.74) is 0.0854. The van der Waals surface area contributed by atoms with Crippen molar-refractivity contribution in [2.45, 2.75) is 18.9 Å². The van der Waals surface area contributed by atoms with Crippen LogP contribution in [0.3, 0.4) is 0 Å². The molecule has 8 nitrogen and oxygen atoms in total. The standard InChI is InChI=1S/C12H10N4O4/c1-15-8(17)3-2-7(11(15)19)16-10(18)6-4-5-13-14-9(6)12(16)20/h4-5,7H,2-3H2,1H3. The number of amides is 4. The summed E-state index contributed by atoms with van der Waals surface area (Å²) in [6.07, 6.45) is 1.57. The monoisotopic (exact) mass is 274 g/mol. The van der Waals surface area contributed by atoms with Gasteiger partial charge in [-0.05, 0) is 12.5 Å². The number of likely N-dealkylation sites (N-methyl/N-ethyl adjacent to an activating group) is 1. The number of fused-ring (bicyclic) bond motifs is 1. The molecule has 1 saturated heterocycles. The van der Waals surface area contributed by atoms with Crippen molar-refractivity contribution >= 4 is 23.6 Å². The summed E-state index contributed by atoms with van der Waals surface area (Å²) in [7, 11) is 1.34. The zero-order valence-electron chi connectivity index (χ0n) is 10.6. The fourth-order valence-corrected chi connectivity index (χ4v) is 2.42. The van der Waals surface area contributed by atoms with Crippen molar-refractivity contribution in [2.24, 2.45) is 0 Å². The van der Waals surface area contributed by atoms with Crippen LogP contribution in [0.15, 0.2) is 12.3 Å². The average Bonchev–Trinajstić information content (AvgIpc) is 2.70. The molecule has 2 aliphatic heterocycles. The van der Waals surface area contributed by atoms with Crippen molar-refractivity contribution in [3.8, 4) is 0 Å². The number of carbonyl (C=O) groups is 4. The Bertz CT molecular complexity index is 622. The molecular weight excluding hydrogens is 264 g/mol. The van der Waals surface area contributed by atoms with E-state index in [0.29, 0.717) is 0 Å². The first-order valence-corrected chi connectivity index (χ1v) is 6.02. The molecule has 0 aromatic carbocycles. The van der Waals surface area contributed by atoms with Crippen LogP contribution in [0.4, 0.5) is 0 Å². The molecule has 0 bridgehead atoms. The van der Waals surface area contributed by atoms with Crippen LogP contribution in [0, 0.1) is 0 Å². The molecule has 0 saturated carbocycles. The van der Waals surface area contributed by atoms with Crippen molar-refractivity contribution in [1.29, 1.82) is 0 Å². The number of hydrogen-bond donors (Lipinski definition) is 0. The first-order valence-electron chi connectivity index (χ1n) is 6.02. The molecule has 3 rings (SSSR count). The van der Waals surface area contributed by atoms with Gasteiger partial charge >= 0.3 is 0 Å². The molecule has 0 spiro atoms.